The molecule has 2 radical (unpaired) electrons. The van der Waals surface area contributed by atoms with E-state index >= 15 is 0 Å². The van der Waals surface area contributed by atoms with Gasteiger partial charge in [0.25, 0.3) is 0 Å². The van der Waals surface area contributed by atoms with Crippen molar-refractivity contribution in [1.29, 1.82) is 0 Å². The fourth-order valence-electron chi connectivity index (χ4n) is 6.03. The Bertz CT molecular complexity index is 636. The van der Waals surface area contributed by atoms with Gasteiger partial charge >= 0.3 is 0 Å². The Labute approximate surface area is 169 Å². The van der Waals surface area contributed by atoms with E-state index in [1.165, 1.54) is 51.4 Å². The Morgan fingerprint density at radius 2 is 1.46 bits per heavy atom. The summed E-state index contributed by atoms with van der Waals surface area (Å²) in [6, 6.07) is 3.29. The number of benzene rings is 1. The minimum atomic E-state index is -0.839. The van der Waals surface area contributed by atoms with Gasteiger partial charge in [0.05, 0.1) is 6.61 Å². The maximum absolute atomic E-state index is 14.5. The average Bonchev–Trinajstić information content (AvgIpc) is 3.27. The van der Waals surface area contributed by atoms with E-state index < -0.39 is 11.6 Å². The van der Waals surface area contributed by atoms with Gasteiger partial charge in [-0.2, -0.15) is 4.39 Å². The number of halogens is 2. The summed E-state index contributed by atoms with van der Waals surface area (Å²) in [5.41, 5.74) is 0.467. The summed E-state index contributed by atoms with van der Waals surface area (Å²) in [4.78, 5) is 0. The van der Waals surface area contributed by atoms with Gasteiger partial charge < -0.3 is 4.74 Å². The first kappa shape index (κ1) is 20.2. The van der Waals surface area contributed by atoms with Crippen LogP contribution >= 0.6 is 0 Å². The van der Waals surface area contributed by atoms with Gasteiger partial charge in [-0.15, -0.1) is 0 Å². The Kier molecular flexibility index (Phi) is 6.58. The second-order valence-electron chi connectivity index (χ2n) is 9.09. The Morgan fingerprint density at radius 3 is 2.11 bits per heavy atom. The third-order valence-electron chi connectivity index (χ3n) is 7.63. The van der Waals surface area contributed by atoms with Crippen LogP contribution in [-0.4, -0.2) is 6.61 Å². The lowest BCUT2D eigenvalue weighted by atomic mass is 9.66. The fraction of sp³-hybridized carbons (Fsp3) is 0.680. The molecule has 0 spiro atoms. The molecule has 3 saturated carbocycles. The molecule has 3 fully saturated rings. The molecule has 0 unspecified atom stereocenters. The highest BCUT2D eigenvalue weighted by Crippen LogP contribution is 2.48. The number of hydrogen-bond acceptors (Lipinski definition) is 1. The molecule has 0 saturated heterocycles. The molecule has 3 heteroatoms. The highest BCUT2D eigenvalue weighted by Gasteiger charge is 2.35. The molecular formula is C25H34F2O. The van der Waals surface area contributed by atoms with E-state index in [0.717, 1.165) is 43.4 Å². The molecule has 0 N–H and O–H groups in total. The lowest BCUT2D eigenvalue weighted by Gasteiger charge is -2.39. The van der Waals surface area contributed by atoms with Gasteiger partial charge in [0.2, 0.25) is 5.82 Å². The van der Waals surface area contributed by atoms with Crippen LogP contribution < -0.4 is 4.74 Å². The molecule has 3 aliphatic rings. The molecule has 0 bridgehead atoms. The number of hydrogen-bond donors (Lipinski definition) is 0. The molecule has 0 heterocycles. The quantitative estimate of drug-likeness (QED) is 0.509. The third kappa shape index (κ3) is 4.24. The fourth-order valence-corrected chi connectivity index (χ4v) is 6.03. The van der Waals surface area contributed by atoms with Crippen LogP contribution in [0.1, 0.15) is 89.5 Å². The Morgan fingerprint density at radius 1 is 0.821 bits per heavy atom. The summed E-state index contributed by atoms with van der Waals surface area (Å²) < 4.78 is 33.9. The Balaban J connectivity index is 1.30. The zero-order valence-electron chi connectivity index (χ0n) is 17.2. The average molecular weight is 389 g/mol. The smallest absolute Gasteiger partial charge is 0.200 e. The third-order valence-corrected chi connectivity index (χ3v) is 7.63. The standard InChI is InChI=1S/C25H34F2O/c1-2-28-23-16-15-22(24(26)25(23)27)21-13-11-20(12-14-21)19-9-7-18(8-10-19)17-5-3-4-6-17/h15-18,20H,2-14H2,1H3. The molecule has 4 rings (SSSR count). The molecule has 1 aromatic carbocycles. The number of ether oxygens (including phenoxy) is 1. The molecule has 154 valence electrons. The van der Waals surface area contributed by atoms with Crippen LogP contribution in [0.25, 0.3) is 0 Å². The van der Waals surface area contributed by atoms with Crippen molar-refractivity contribution < 1.29 is 13.5 Å². The van der Waals surface area contributed by atoms with Gasteiger partial charge in [-0.25, -0.2) is 4.39 Å². The van der Waals surface area contributed by atoms with Crippen molar-refractivity contribution in [3.05, 3.63) is 41.2 Å². The van der Waals surface area contributed by atoms with Crippen molar-refractivity contribution in [2.45, 2.75) is 84.0 Å². The Hall–Kier alpha value is -1.12. The molecule has 3 aliphatic carbocycles. The van der Waals surface area contributed by atoms with E-state index in [2.05, 4.69) is 0 Å². The lowest BCUT2D eigenvalue weighted by Crippen LogP contribution is -2.26. The van der Waals surface area contributed by atoms with Crippen LogP contribution in [-0.2, 0) is 0 Å². The van der Waals surface area contributed by atoms with E-state index in [1.807, 2.05) is 0 Å². The minimum Gasteiger partial charge on any atom is -0.491 e. The molecule has 0 atom stereocenters. The van der Waals surface area contributed by atoms with Crippen molar-refractivity contribution in [3.8, 4) is 5.75 Å². The summed E-state index contributed by atoms with van der Waals surface area (Å²) in [5, 5.41) is 0. The minimum absolute atomic E-state index is 0.0209. The molecular weight excluding hydrogens is 354 g/mol. The zero-order chi connectivity index (χ0) is 19.5. The van der Waals surface area contributed by atoms with Gasteiger partial charge in [0.1, 0.15) is 0 Å². The second kappa shape index (κ2) is 9.13. The van der Waals surface area contributed by atoms with Crippen molar-refractivity contribution >= 4 is 0 Å². The van der Waals surface area contributed by atoms with Crippen molar-refractivity contribution in [1.82, 2.24) is 0 Å². The molecule has 0 aliphatic heterocycles. The first-order valence-electron chi connectivity index (χ1n) is 11.5. The highest BCUT2D eigenvalue weighted by atomic mass is 19.2. The van der Waals surface area contributed by atoms with Crippen LogP contribution in [0.3, 0.4) is 0 Å². The molecule has 0 aromatic heterocycles. The summed E-state index contributed by atoms with van der Waals surface area (Å²) in [5.74, 6) is 3.97. The predicted octanol–water partition coefficient (Wildman–Crippen LogP) is 7.43. The second-order valence-corrected chi connectivity index (χ2v) is 9.09. The largest absolute Gasteiger partial charge is 0.491 e. The van der Waals surface area contributed by atoms with Gasteiger partial charge in [-0.1, -0.05) is 31.7 Å². The van der Waals surface area contributed by atoms with Crippen LogP contribution in [0, 0.1) is 41.2 Å². The van der Waals surface area contributed by atoms with Crippen LogP contribution in [0.2, 0.25) is 0 Å². The summed E-state index contributed by atoms with van der Waals surface area (Å²) >= 11 is 0. The summed E-state index contributed by atoms with van der Waals surface area (Å²) in [6.45, 7) is 2.12. The monoisotopic (exact) mass is 388 g/mol. The number of rotatable bonds is 5. The van der Waals surface area contributed by atoms with E-state index in [1.54, 1.807) is 25.0 Å². The van der Waals surface area contributed by atoms with Crippen molar-refractivity contribution in [2.75, 3.05) is 6.61 Å². The summed E-state index contributed by atoms with van der Waals surface area (Å²) in [6.07, 6.45) is 15.2. The molecule has 1 nitrogen and oxygen atoms in total. The maximum atomic E-state index is 14.5. The van der Waals surface area contributed by atoms with Gasteiger partial charge in [0, 0.05) is 5.92 Å². The molecule has 1 aromatic rings. The zero-order valence-corrected chi connectivity index (χ0v) is 17.2. The maximum Gasteiger partial charge on any atom is 0.200 e. The van der Waals surface area contributed by atoms with E-state index in [-0.39, 0.29) is 5.75 Å². The topological polar surface area (TPSA) is 9.23 Å². The van der Waals surface area contributed by atoms with E-state index in [9.17, 15) is 8.78 Å². The van der Waals surface area contributed by atoms with Crippen molar-refractivity contribution in [3.63, 3.8) is 0 Å². The van der Waals surface area contributed by atoms with E-state index in [4.69, 9.17) is 4.74 Å². The molecule has 28 heavy (non-hydrogen) atoms. The lowest BCUT2D eigenvalue weighted by molar-refractivity contribution is 0.233. The SMILES string of the molecule is CCOc1ccc([C]2CCC([C]3CCC(C4CCCC4)CC3)CC2)c(F)c1F. The van der Waals surface area contributed by atoms with Crippen LogP contribution in [0.5, 0.6) is 5.75 Å². The normalized spacial score (nSPS) is 24.1. The highest BCUT2D eigenvalue weighted by molar-refractivity contribution is 5.39. The first-order valence-corrected chi connectivity index (χ1v) is 11.5. The van der Waals surface area contributed by atoms with Gasteiger partial charge in [-0.05, 0) is 93.6 Å². The van der Waals surface area contributed by atoms with Crippen molar-refractivity contribution in [2.24, 2.45) is 17.8 Å². The van der Waals surface area contributed by atoms with E-state index in [0.29, 0.717) is 18.1 Å². The van der Waals surface area contributed by atoms with Crippen LogP contribution in [0.15, 0.2) is 12.1 Å². The first-order chi connectivity index (χ1) is 13.7. The van der Waals surface area contributed by atoms with Gasteiger partial charge in [-0.3, -0.25) is 0 Å². The summed E-state index contributed by atoms with van der Waals surface area (Å²) in [7, 11) is 0. The molecule has 0 amide bonds. The predicted molar refractivity (Wildman–Crippen MR) is 109 cm³/mol. The van der Waals surface area contributed by atoms with Gasteiger partial charge in [0.15, 0.2) is 11.6 Å². The van der Waals surface area contributed by atoms with Crippen LogP contribution in [0.4, 0.5) is 8.78 Å².